The van der Waals surface area contributed by atoms with Crippen molar-refractivity contribution in [2.24, 2.45) is 0 Å². The maximum Gasteiger partial charge on any atom is 0.275 e. The van der Waals surface area contributed by atoms with Crippen molar-refractivity contribution < 1.29 is 9.53 Å². The molecule has 1 saturated heterocycles. The molecule has 0 aliphatic carbocycles. The van der Waals surface area contributed by atoms with Gasteiger partial charge in [0.2, 0.25) is 5.91 Å². The van der Waals surface area contributed by atoms with Gasteiger partial charge < -0.3 is 9.64 Å². The van der Waals surface area contributed by atoms with Gasteiger partial charge in [0, 0.05) is 37.6 Å². The molecule has 3 aromatic rings. The number of nitrogens with zero attached hydrogens (tertiary/aromatic N) is 4. The van der Waals surface area contributed by atoms with Crippen LogP contribution in [0.15, 0.2) is 65.6 Å². The zero-order valence-electron chi connectivity index (χ0n) is 17.8. The van der Waals surface area contributed by atoms with E-state index in [1.165, 1.54) is 4.68 Å². The number of carbonyl (C=O) groups excluding carboxylic acids is 1. The fraction of sp³-hybridized carbons (Fsp3) is 0.375. The molecular weight excluding hydrogens is 392 g/mol. The fourth-order valence-corrected chi connectivity index (χ4v) is 3.99. The zero-order valence-corrected chi connectivity index (χ0v) is 17.8. The highest BCUT2D eigenvalue weighted by Crippen LogP contribution is 2.12. The van der Waals surface area contributed by atoms with Gasteiger partial charge in [0.15, 0.2) is 0 Å². The minimum atomic E-state index is -0.244. The predicted octanol–water partition coefficient (Wildman–Crippen LogP) is 2.15. The van der Waals surface area contributed by atoms with E-state index < -0.39 is 0 Å². The highest BCUT2D eigenvalue weighted by molar-refractivity contribution is 5.81. The Labute approximate surface area is 181 Å². The zero-order chi connectivity index (χ0) is 21.6. The van der Waals surface area contributed by atoms with Gasteiger partial charge in [0.1, 0.15) is 6.54 Å². The van der Waals surface area contributed by atoms with Crippen LogP contribution in [0.3, 0.4) is 0 Å². The Morgan fingerprint density at radius 2 is 1.81 bits per heavy atom. The molecule has 2 aromatic carbocycles. The predicted molar refractivity (Wildman–Crippen MR) is 120 cm³/mol. The molecule has 1 aliphatic heterocycles. The standard InChI is InChI=1S/C24H28N4O3/c1-19(16-26-11-13-31-14-12-26)27(17-20-7-3-2-4-8-20)23(29)18-28-24(30)22-10-6-5-9-21(22)15-25-28/h2-10,15,19H,11-14,16-18H2,1H3. The van der Waals surface area contributed by atoms with Crippen molar-refractivity contribution >= 4 is 16.7 Å². The molecule has 31 heavy (non-hydrogen) atoms. The summed E-state index contributed by atoms with van der Waals surface area (Å²) < 4.78 is 6.71. The average molecular weight is 421 g/mol. The summed E-state index contributed by atoms with van der Waals surface area (Å²) in [6, 6.07) is 17.2. The lowest BCUT2D eigenvalue weighted by Crippen LogP contribution is -2.49. The topological polar surface area (TPSA) is 67.7 Å². The van der Waals surface area contributed by atoms with Gasteiger partial charge >= 0.3 is 0 Å². The average Bonchev–Trinajstić information content (AvgIpc) is 2.80. The first kappa shape index (κ1) is 21.2. The molecule has 0 N–H and O–H groups in total. The second kappa shape index (κ2) is 9.85. The maximum atomic E-state index is 13.4. The summed E-state index contributed by atoms with van der Waals surface area (Å²) in [7, 11) is 0. The second-order valence-corrected chi connectivity index (χ2v) is 7.96. The third-order valence-electron chi connectivity index (χ3n) is 5.72. The molecule has 0 radical (unpaired) electrons. The van der Waals surface area contributed by atoms with Gasteiger partial charge in [0.05, 0.1) is 24.8 Å². The summed E-state index contributed by atoms with van der Waals surface area (Å²) in [5.41, 5.74) is 0.815. The molecule has 7 heteroatoms. The Bertz CT molecular complexity index is 1080. The number of amides is 1. The molecule has 2 heterocycles. The summed E-state index contributed by atoms with van der Waals surface area (Å²) >= 11 is 0. The number of carbonyl (C=O) groups is 1. The molecule has 1 aliphatic rings. The normalized spacial score (nSPS) is 15.6. The molecule has 0 saturated carbocycles. The first-order valence-electron chi connectivity index (χ1n) is 10.7. The third kappa shape index (κ3) is 5.18. The first-order valence-corrected chi connectivity index (χ1v) is 10.7. The van der Waals surface area contributed by atoms with E-state index in [2.05, 4.69) is 16.9 Å². The first-order chi connectivity index (χ1) is 15.1. The lowest BCUT2D eigenvalue weighted by Gasteiger charge is -2.35. The molecule has 1 unspecified atom stereocenters. The van der Waals surface area contributed by atoms with Crippen LogP contribution in [0.5, 0.6) is 0 Å². The Balaban J connectivity index is 1.55. The third-order valence-corrected chi connectivity index (χ3v) is 5.72. The van der Waals surface area contributed by atoms with Crippen LogP contribution in [-0.4, -0.2) is 64.4 Å². The number of rotatable bonds is 7. The molecule has 0 spiro atoms. The summed E-state index contributed by atoms with van der Waals surface area (Å²) in [5.74, 6) is -0.116. The van der Waals surface area contributed by atoms with E-state index in [0.717, 1.165) is 43.8 Å². The SMILES string of the molecule is CC(CN1CCOCC1)N(Cc1ccccc1)C(=O)Cn1ncc2ccccc2c1=O. The molecule has 7 nitrogen and oxygen atoms in total. The van der Waals surface area contributed by atoms with Crippen molar-refractivity contribution in [2.75, 3.05) is 32.8 Å². The quantitative estimate of drug-likeness (QED) is 0.586. The number of hydrogen-bond acceptors (Lipinski definition) is 5. The molecule has 4 rings (SSSR count). The van der Waals surface area contributed by atoms with Gasteiger partial charge in [-0.25, -0.2) is 4.68 Å². The summed E-state index contributed by atoms with van der Waals surface area (Å²) in [6.07, 6.45) is 1.64. The van der Waals surface area contributed by atoms with Crippen LogP contribution < -0.4 is 5.56 Å². The minimum Gasteiger partial charge on any atom is -0.379 e. The highest BCUT2D eigenvalue weighted by atomic mass is 16.5. The van der Waals surface area contributed by atoms with Crippen LogP contribution in [0.4, 0.5) is 0 Å². The Hall–Kier alpha value is -3.03. The number of aromatic nitrogens is 2. The van der Waals surface area contributed by atoms with E-state index in [1.807, 2.05) is 53.4 Å². The van der Waals surface area contributed by atoms with Crippen LogP contribution >= 0.6 is 0 Å². The lowest BCUT2D eigenvalue weighted by molar-refractivity contribution is -0.135. The summed E-state index contributed by atoms with van der Waals surface area (Å²) in [6.45, 7) is 6.41. The number of benzene rings is 2. The molecule has 162 valence electrons. The highest BCUT2D eigenvalue weighted by Gasteiger charge is 2.24. The van der Waals surface area contributed by atoms with Gasteiger partial charge in [-0.05, 0) is 18.6 Å². The van der Waals surface area contributed by atoms with Crippen LogP contribution in [0.2, 0.25) is 0 Å². The molecular formula is C24H28N4O3. The number of morpholine rings is 1. The van der Waals surface area contributed by atoms with E-state index >= 15 is 0 Å². The summed E-state index contributed by atoms with van der Waals surface area (Å²) in [5, 5.41) is 5.59. The van der Waals surface area contributed by atoms with Crippen molar-refractivity contribution in [3.63, 3.8) is 0 Å². The van der Waals surface area contributed by atoms with Gasteiger partial charge in [-0.1, -0.05) is 48.5 Å². The Morgan fingerprint density at radius 3 is 2.58 bits per heavy atom. The van der Waals surface area contributed by atoms with Crippen molar-refractivity contribution in [1.29, 1.82) is 0 Å². The van der Waals surface area contributed by atoms with E-state index in [1.54, 1.807) is 12.3 Å². The van der Waals surface area contributed by atoms with Crippen molar-refractivity contribution in [3.8, 4) is 0 Å². The van der Waals surface area contributed by atoms with Crippen LogP contribution in [0, 0.1) is 0 Å². The molecule has 1 aromatic heterocycles. The van der Waals surface area contributed by atoms with Gasteiger partial charge in [-0.3, -0.25) is 14.5 Å². The smallest absolute Gasteiger partial charge is 0.275 e. The minimum absolute atomic E-state index is 0.0121. The molecule has 1 amide bonds. The van der Waals surface area contributed by atoms with E-state index in [4.69, 9.17) is 4.74 Å². The number of fused-ring (bicyclic) bond motifs is 1. The van der Waals surface area contributed by atoms with Crippen molar-refractivity contribution in [1.82, 2.24) is 19.6 Å². The Kier molecular flexibility index (Phi) is 6.74. The van der Waals surface area contributed by atoms with Crippen LogP contribution in [-0.2, 0) is 22.6 Å². The van der Waals surface area contributed by atoms with Gasteiger partial charge in [-0.15, -0.1) is 0 Å². The number of hydrogen-bond donors (Lipinski definition) is 0. The largest absolute Gasteiger partial charge is 0.379 e. The van der Waals surface area contributed by atoms with E-state index in [-0.39, 0.29) is 24.1 Å². The monoisotopic (exact) mass is 420 g/mol. The van der Waals surface area contributed by atoms with Gasteiger partial charge in [0.25, 0.3) is 5.56 Å². The van der Waals surface area contributed by atoms with Crippen LogP contribution in [0.25, 0.3) is 10.8 Å². The molecule has 1 atom stereocenters. The van der Waals surface area contributed by atoms with Crippen molar-refractivity contribution in [3.05, 3.63) is 76.7 Å². The maximum absolute atomic E-state index is 13.4. The van der Waals surface area contributed by atoms with Crippen LogP contribution in [0.1, 0.15) is 12.5 Å². The van der Waals surface area contributed by atoms with E-state index in [9.17, 15) is 9.59 Å². The van der Waals surface area contributed by atoms with Crippen molar-refractivity contribution in [2.45, 2.75) is 26.1 Å². The van der Waals surface area contributed by atoms with Gasteiger partial charge in [-0.2, -0.15) is 5.10 Å². The fourth-order valence-electron chi connectivity index (χ4n) is 3.99. The summed E-state index contributed by atoms with van der Waals surface area (Å²) in [4.78, 5) is 30.4. The molecule has 1 fully saturated rings. The lowest BCUT2D eigenvalue weighted by atomic mass is 10.1. The number of ether oxygens (including phenoxy) is 1. The molecule has 0 bridgehead atoms. The second-order valence-electron chi connectivity index (χ2n) is 7.96. The van der Waals surface area contributed by atoms with E-state index in [0.29, 0.717) is 11.9 Å². The Morgan fingerprint density at radius 1 is 1.10 bits per heavy atom.